The van der Waals surface area contributed by atoms with E-state index in [4.69, 9.17) is 9.47 Å². The molecule has 5 rings (SSSR count). The molecule has 0 radical (unpaired) electrons. The SMILES string of the molecule is Cc1ccc(NC(=O)COc2ccc(C3C4=C(CCCC4=O)OC4=C3C(=O)CCC4)cc2)cc1. The summed E-state index contributed by atoms with van der Waals surface area (Å²) < 4.78 is 11.7. The van der Waals surface area contributed by atoms with E-state index in [0.29, 0.717) is 29.7 Å². The van der Waals surface area contributed by atoms with Gasteiger partial charge in [0, 0.05) is 48.4 Å². The highest BCUT2D eigenvalue weighted by Crippen LogP contribution is 2.47. The lowest BCUT2D eigenvalue weighted by atomic mass is 9.73. The molecule has 0 saturated heterocycles. The first-order valence-electron chi connectivity index (χ1n) is 11.8. The summed E-state index contributed by atoms with van der Waals surface area (Å²) in [7, 11) is 0. The molecule has 174 valence electrons. The van der Waals surface area contributed by atoms with Crippen LogP contribution in [0.4, 0.5) is 5.69 Å². The van der Waals surface area contributed by atoms with Gasteiger partial charge < -0.3 is 14.8 Å². The summed E-state index contributed by atoms with van der Waals surface area (Å²) in [5, 5.41) is 2.81. The van der Waals surface area contributed by atoms with Gasteiger partial charge in [0.15, 0.2) is 18.2 Å². The number of amides is 1. The van der Waals surface area contributed by atoms with Crippen molar-refractivity contribution in [3.05, 3.63) is 82.3 Å². The first-order valence-corrected chi connectivity index (χ1v) is 11.8. The largest absolute Gasteiger partial charge is 0.484 e. The smallest absolute Gasteiger partial charge is 0.262 e. The molecule has 0 fully saturated rings. The normalized spacial score (nSPS) is 18.3. The summed E-state index contributed by atoms with van der Waals surface area (Å²) in [6.45, 7) is 1.87. The molecule has 1 heterocycles. The average Bonchev–Trinajstić information content (AvgIpc) is 2.84. The average molecular weight is 458 g/mol. The van der Waals surface area contributed by atoms with Crippen LogP contribution in [0.15, 0.2) is 71.2 Å². The Hall–Kier alpha value is -3.67. The molecule has 1 N–H and O–H groups in total. The number of ketones is 2. The van der Waals surface area contributed by atoms with Crippen molar-refractivity contribution in [3.8, 4) is 5.75 Å². The Morgan fingerprint density at radius 3 is 2.06 bits per heavy atom. The van der Waals surface area contributed by atoms with Crippen LogP contribution < -0.4 is 10.1 Å². The number of nitrogens with one attached hydrogen (secondary N) is 1. The summed E-state index contributed by atoms with van der Waals surface area (Å²) in [6.07, 6.45) is 3.95. The van der Waals surface area contributed by atoms with Crippen LogP contribution in [-0.4, -0.2) is 24.1 Å². The van der Waals surface area contributed by atoms with Gasteiger partial charge in [0.1, 0.15) is 17.3 Å². The van der Waals surface area contributed by atoms with E-state index >= 15 is 0 Å². The minimum Gasteiger partial charge on any atom is -0.484 e. The molecule has 2 aliphatic carbocycles. The molecular formula is C28H27NO5. The van der Waals surface area contributed by atoms with Gasteiger partial charge in [-0.1, -0.05) is 29.8 Å². The van der Waals surface area contributed by atoms with E-state index in [2.05, 4.69) is 5.32 Å². The van der Waals surface area contributed by atoms with E-state index in [1.807, 2.05) is 43.3 Å². The Kier molecular flexibility index (Phi) is 6.05. The van der Waals surface area contributed by atoms with Crippen molar-refractivity contribution in [3.63, 3.8) is 0 Å². The summed E-state index contributed by atoms with van der Waals surface area (Å²) in [6, 6.07) is 14.9. The van der Waals surface area contributed by atoms with Crippen LogP contribution in [0.25, 0.3) is 0 Å². The summed E-state index contributed by atoms with van der Waals surface area (Å²) in [5.74, 6) is 1.48. The number of ether oxygens (including phenoxy) is 2. The number of benzene rings is 2. The summed E-state index contributed by atoms with van der Waals surface area (Å²) >= 11 is 0. The van der Waals surface area contributed by atoms with E-state index in [1.54, 1.807) is 12.1 Å². The fourth-order valence-corrected chi connectivity index (χ4v) is 4.89. The fourth-order valence-electron chi connectivity index (χ4n) is 4.89. The van der Waals surface area contributed by atoms with Crippen molar-refractivity contribution in [2.75, 3.05) is 11.9 Å². The molecule has 34 heavy (non-hydrogen) atoms. The molecular weight excluding hydrogens is 430 g/mol. The zero-order chi connectivity index (χ0) is 23.7. The number of Topliss-reactive ketones (excluding diaryl/α,β-unsaturated/α-hetero) is 2. The number of rotatable bonds is 5. The van der Waals surface area contributed by atoms with Gasteiger partial charge in [-0.3, -0.25) is 14.4 Å². The predicted molar refractivity (Wildman–Crippen MR) is 127 cm³/mol. The molecule has 0 bridgehead atoms. The van der Waals surface area contributed by atoms with Gasteiger partial charge in [0.25, 0.3) is 5.91 Å². The van der Waals surface area contributed by atoms with Crippen LogP contribution in [0, 0.1) is 6.92 Å². The first-order chi connectivity index (χ1) is 16.5. The maximum absolute atomic E-state index is 12.9. The van der Waals surface area contributed by atoms with Crippen molar-refractivity contribution in [2.24, 2.45) is 0 Å². The van der Waals surface area contributed by atoms with Crippen molar-refractivity contribution in [1.29, 1.82) is 0 Å². The maximum Gasteiger partial charge on any atom is 0.262 e. The van der Waals surface area contributed by atoms with Crippen LogP contribution >= 0.6 is 0 Å². The van der Waals surface area contributed by atoms with Gasteiger partial charge >= 0.3 is 0 Å². The second-order valence-corrected chi connectivity index (χ2v) is 9.03. The van der Waals surface area contributed by atoms with E-state index in [-0.39, 0.29) is 24.1 Å². The molecule has 0 saturated carbocycles. The topological polar surface area (TPSA) is 81.7 Å². The highest BCUT2D eigenvalue weighted by atomic mass is 16.5. The van der Waals surface area contributed by atoms with Crippen LogP contribution in [0.2, 0.25) is 0 Å². The van der Waals surface area contributed by atoms with E-state index in [9.17, 15) is 14.4 Å². The Bertz CT molecular complexity index is 1160. The van der Waals surface area contributed by atoms with Gasteiger partial charge in [-0.25, -0.2) is 0 Å². The lowest BCUT2D eigenvalue weighted by Gasteiger charge is -2.36. The van der Waals surface area contributed by atoms with Crippen LogP contribution in [-0.2, 0) is 19.1 Å². The van der Waals surface area contributed by atoms with Gasteiger partial charge in [0.05, 0.1) is 0 Å². The quantitative estimate of drug-likeness (QED) is 0.672. The molecule has 6 nitrogen and oxygen atoms in total. The van der Waals surface area contributed by atoms with Crippen molar-refractivity contribution in [1.82, 2.24) is 0 Å². The first kappa shape index (κ1) is 22.1. The third-order valence-corrected chi connectivity index (χ3v) is 6.56. The molecule has 1 aliphatic heterocycles. The molecule has 0 spiro atoms. The zero-order valence-electron chi connectivity index (χ0n) is 19.2. The Morgan fingerprint density at radius 2 is 1.47 bits per heavy atom. The molecule has 0 unspecified atom stereocenters. The molecule has 1 amide bonds. The molecule has 6 heteroatoms. The third kappa shape index (κ3) is 4.40. The van der Waals surface area contributed by atoms with Crippen LogP contribution in [0.1, 0.15) is 55.6 Å². The molecule has 2 aromatic carbocycles. The molecule has 0 aromatic heterocycles. The number of carbonyl (C=O) groups is 3. The Labute approximate surface area is 198 Å². The standard InChI is InChI=1S/C28H27NO5/c1-17-8-12-19(13-9-17)29-25(32)16-33-20-14-10-18(11-15-20)26-27-21(30)4-2-6-23(27)34-24-7-3-5-22(31)28(24)26/h8-15,26H,2-7,16H2,1H3,(H,29,32). The predicted octanol–water partition coefficient (Wildman–Crippen LogP) is 5.14. The van der Waals surface area contributed by atoms with Gasteiger partial charge in [0.2, 0.25) is 0 Å². The second kappa shape index (κ2) is 9.29. The highest BCUT2D eigenvalue weighted by molar-refractivity contribution is 6.05. The Balaban J connectivity index is 1.33. The van der Waals surface area contributed by atoms with Crippen LogP contribution in [0.3, 0.4) is 0 Å². The number of allylic oxidation sites excluding steroid dienone is 4. The van der Waals surface area contributed by atoms with Crippen LogP contribution in [0.5, 0.6) is 5.75 Å². The van der Waals surface area contributed by atoms with E-state index < -0.39 is 5.92 Å². The molecule has 2 aromatic rings. The lowest BCUT2D eigenvalue weighted by Crippen LogP contribution is -2.30. The lowest BCUT2D eigenvalue weighted by molar-refractivity contribution is -0.119. The fraction of sp³-hybridized carbons (Fsp3) is 0.321. The summed E-state index contributed by atoms with van der Waals surface area (Å²) in [5.41, 5.74) is 3.97. The molecule has 0 atom stereocenters. The van der Waals surface area contributed by atoms with Crippen molar-refractivity contribution in [2.45, 2.75) is 51.4 Å². The second-order valence-electron chi connectivity index (χ2n) is 9.03. The van der Waals surface area contributed by atoms with Crippen molar-refractivity contribution < 1.29 is 23.9 Å². The van der Waals surface area contributed by atoms with Gasteiger partial charge in [-0.15, -0.1) is 0 Å². The number of carbonyl (C=O) groups excluding carboxylic acids is 3. The van der Waals surface area contributed by atoms with E-state index in [1.165, 1.54) is 0 Å². The van der Waals surface area contributed by atoms with Gasteiger partial charge in [-0.05, 0) is 49.6 Å². The number of anilines is 1. The number of hydrogen-bond donors (Lipinski definition) is 1. The number of aryl methyl sites for hydroxylation is 1. The summed E-state index contributed by atoms with van der Waals surface area (Å²) in [4.78, 5) is 38.0. The zero-order valence-corrected chi connectivity index (χ0v) is 19.2. The highest BCUT2D eigenvalue weighted by Gasteiger charge is 2.41. The van der Waals surface area contributed by atoms with Gasteiger partial charge in [-0.2, -0.15) is 0 Å². The Morgan fingerprint density at radius 1 is 0.882 bits per heavy atom. The van der Waals surface area contributed by atoms with E-state index in [0.717, 1.165) is 54.0 Å². The monoisotopic (exact) mass is 457 g/mol. The maximum atomic E-state index is 12.9. The third-order valence-electron chi connectivity index (χ3n) is 6.56. The minimum atomic E-state index is -0.391. The van der Waals surface area contributed by atoms with Crippen molar-refractivity contribution >= 4 is 23.2 Å². The minimum absolute atomic E-state index is 0.0595. The molecule has 3 aliphatic rings. The number of hydrogen-bond acceptors (Lipinski definition) is 5.